The quantitative estimate of drug-likeness (QED) is 0.861. The molecule has 1 N–H and O–H groups in total. The molecular formula is C10H13BrOS. The Morgan fingerprint density at radius 2 is 2.31 bits per heavy atom. The minimum atomic E-state index is -0.219. The lowest BCUT2D eigenvalue weighted by Gasteiger charge is -2.29. The van der Waals surface area contributed by atoms with E-state index in [1.54, 1.807) is 11.3 Å². The van der Waals surface area contributed by atoms with E-state index in [1.165, 1.54) is 24.1 Å². The summed E-state index contributed by atoms with van der Waals surface area (Å²) < 4.78 is 1.13. The second kappa shape index (κ2) is 3.71. The third-order valence-electron chi connectivity index (χ3n) is 2.76. The van der Waals surface area contributed by atoms with Crippen LogP contribution in [-0.4, -0.2) is 5.11 Å². The first-order chi connectivity index (χ1) is 6.18. The summed E-state index contributed by atoms with van der Waals surface area (Å²) in [5.74, 6) is 0.518. The summed E-state index contributed by atoms with van der Waals surface area (Å²) in [6, 6.07) is 2.06. The van der Waals surface area contributed by atoms with Gasteiger partial charge in [-0.05, 0) is 47.7 Å². The molecule has 1 nitrogen and oxygen atoms in total. The van der Waals surface area contributed by atoms with Gasteiger partial charge in [0.25, 0.3) is 0 Å². The van der Waals surface area contributed by atoms with Crippen molar-refractivity contribution < 1.29 is 5.11 Å². The molecule has 3 heteroatoms. The molecule has 72 valence electrons. The molecule has 0 aromatic carbocycles. The molecule has 0 radical (unpaired) electrons. The maximum atomic E-state index is 9.97. The van der Waals surface area contributed by atoms with E-state index in [2.05, 4.69) is 28.9 Å². The fourth-order valence-corrected chi connectivity index (χ4v) is 3.26. The highest BCUT2D eigenvalue weighted by Crippen LogP contribution is 2.41. The minimum Gasteiger partial charge on any atom is -0.387 e. The van der Waals surface area contributed by atoms with Crippen LogP contribution >= 0.6 is 27.3 Å². The predicted molar refractivity (Wildman–Crippen MR) is 59.1 cm³/mol. The SMILES string of the molecule is Cc1sc(C(O)C2CCC2)cc1Br. The van der Waals surface area contributed by atoms with E-state index in [0.29, 0.717) is 5.92 Å². The van der Waals surface area contributed by atoms with E-state index in [9.17, 15) is 5.11 Å². The molecule has 0 spiro atoms. The number of rotatable bonds is 2. The summed E-state index contributed by atoms with van der Waals surface area (Å²) in [6.45, 7) is 2.08. The second-order valence-electron chi connectivity index (χ2n) is 3.69. The number of hydrogen-bond acceptors (Lipinski definition) is 2. The van der Waals surface area contributed by atoms with E-state index in [1.807, 2.05) is 0 Å². The number of aliphatic hydroxyl groups is 1. The maximum Gasteiger partial charge on any atom is 0.0910 e. The van der Waals surface area contributed by atoms with Gasteiger partial charge in [-0.3, -0.25) is 0 Å². The van der Waals surface area contributed by atoms with Crippen LogP contribution in [-0.2, 0) is 0 Å². The molecule has 1 heterocycles. The van der Waals surface area contributed by atoms with Crippen molar-refractivity contribution in [2.24, 2.45) is 5.92 Å². The van der Waals surface area contributed by atoms with Gasteiger partial charge in [0.2, 0.25) is 0 Å². The Labute approximate surface area is 90.9 Å². The average Bonchev–Trinajstić information content (AvgIpc) is 2.28. The maximum absolute atomic E-state index is 9.97. The normalized spacial score (nSPS) is 19.9. The van der Waals surface area contributed by atoms with Gasteiger partial charge in [-0.1, -0.05) is 6.42 Å². The molecule has 13 heavy (non-hydrogen) atoms. The topological polar surface area (TPSA) is 20.2 Å². The Balaban J connectivity index is 2.14. The molecule has 0 amide bonds. The third-order valence-corrected chi connectivity index (χ3v) is 4.97. The fraction of sp³-hybridized carbons (Fsp3) is 0.600. The summed E-state index contributed by atoms with van der Waals surface area (Å²) in [7, 11) is 0. The van der Waals surface area contributed by atoms with Crippen molar-refractivity contribution in [2.75, 3.05) is 0 Å². The average molecular weight is 261 g/mol. The molecule has 1 aromatic rings. The number of halogens is 1. The summed E-state index contributed by atoms with van der Waals surface area (Å²) in [6.07, 6.45) is 3.45. The molecule has 0 aliphatic heterocycles. The third kappa shape index (κ3) is 1.83. The van der Waals surface area contributed by atoms with Crippen molar-refractivity contribution in [2.45, 2.75) is 32.3 Å². The van der Waals surface area contributed by atoms with E-state index in [4.69, 9.17) is 0 Å². The molecule has 1 atom stereocenters. The van der Waals surface area contributed by atoms with Crippen molar-refractivity contribution >= 4 is 27.3 Å². The van der Waals surface area contributed by atoms with Crippen molar-refractivity contribution in [1.29, 1.82) is 0 Å². The van der Waals surface area contributed by atoms with Gasteiger partial charge in [0, 0.05) is 14.2 Å². The van der Waals surface area contributed by atoms with Crippen molar-refractivity contribution in [3.63, 3.8) is 0 Å². The lowest BCUT2D eigenvalue weighted by Crippen LogP contribution is -2.19. The van der Waals surface area contributed by atoms with Gasteiger partial charge < -0.3 is 5.11 Å². The van der Waals surface area contributed by atoms with Gasteiger partial charge in [-0.25, -0.2) is 0 Å². The van der Waals surface area contributed by atoms with Gasteiger partial charge in [-0.15, -0.1) is 11.3 Å². The molecule has 2 rings (SSSR count). The van der Waals surface area contributed by atoms with Gasteiger partial charge in [0.1, 0.15) is 0 Å². The highest BCUT2D eigenvalue weighted by molar-refractivity contribution is 9.10. The van der Waals surface area contributed by atoms with Crippen LogP contribution < -0.4 is 0 Å². The number of thiophene rings is 1. The van der Waals surface area contributed by atoms with Crippen molar-refractivity contribution in [3.8, 4) is 0 Å². The van der Waals surface area contributed by atoms with Gasteiger partial charge in [0.15, 0.2) is 0 Å². The first-order valence-corrected chi connectivity index (χ1v) is 6.23. The van der Waals surface area contributed by atoms with E-state index >= 15 is 0 Å². The highest BCUT2D eigenvalue weighted by Gasteiger charge is 2.27. The Bertz CT molecular complexity index is 284. The zero-order chi connectivity index (χ0) is 9.42. The molecule has 1 fully saturated rings. The second-order valence-corrected chi connectivity index (χ2v) is 5.83. The zero-order valence-electron chi connectivity index (χ0n) is 7.59. The molecule has 0 saturated heterocycles. The first kappa shape index (κ1) is 9.69. The van der Waals surface area contributed by atoms with Crippen LogP contribution in [0.25, 0.3) is 0 Å². The molecule has 1 aliphatic carbocycles. The van der Waals surface area contributed by atoms with E-state index in [0.717, 1.165) is 9.35 Å². The molecule has 1 unspecified atom stereocenters. The number of hydrogen-bond donors (Lipinski definition) is 1. The van der Waals surface area contributed by atoms with Gasteiger partial charge in [0.05, 0.1) is 6.10 Å². The summed E-state index contributed by atoms with van der Waals surface area (Å²) in [5.41, 5.74) is 0. The summed E-state index contributed by atoms with van der Waals surface area (Å²) in [5, 5.41) is 9.97. The predicted octanol–water partition coefficient (Wildman–Crippen LogP) is 3.65. The van der Waals surface area contributed by atoms with Crippen LogP contribution in [0.2, 0.25) is 0 Å². The molecule has 1 aromatic heterocycles. The monoisotopic (exact) mass is 260 g/mol. The largest absolute Gasteiger partial charge is 0.387 e. The molecular weight excluding hydrogens is 248 g/mol. The summed E-state index contributed by atoms with van der Waals surface area (Å²) >= 11 is 5.18. The van der Waals surface area contributed by atoms with Crippen molar-refractivity contribution in [1.82, 2.24) is 0 Å². The molecule has 1 saturated carbocycles. The summed E-state index contributed by atoms with van der Waals surface area (Å²) in [4.78, 5) is 2.38. The first-order valence-electron chi connectivity index (χ1n) is 4.62. The Morgan fingerprint density at radius 1 is 1.62 bits per heavy atom. The van der Waals surface area contributed by atoms with Crippen LogP contribution in [0, 0.1) is 12.8 Å². The highest BCUT2D eigenvalue weighted by atomic mass is 79.9. The minimum absolute atomic E-state index is 0.219. The number of aryl methyl sites for hydroxylation is 1. The fourth-order valence-electron chi connectivity index (χ4n) is 1.62. The van der Waals surface area contributed by atoms with Crippen molar-refractivity contribution in [3.05, 3.63) is 20.3 Å². The van der Waals surface area contributed by atoms with Crippen LogP contribution in [0.15, 0.2) is 10.5 Å². The smallest absolute Gasteiger partial charge is 0.0910 e. The standard InChI is InChI=1S/C10H13BrOS/c1-6-8(11)5-9(13-6)10(12)7-3-2-4-7/h5,7,10,12H,2-4H2,1H3. The zero-order valence-corrected chi connectivity index (χ0v) is 9.99. The van der Waals surface area contributed by atoms with Crippen LogP contribution in [0.4, 0.5) is 0 Å². The van der Waals surface area contributed by atoms with E-state index < -0.39 is 0 Å². The van der Waals surface area contributed by atoms with E-state index in [-0.39, 0.29) is 6.10 Å². The van der Waals surface area contributed by atoms with Gasteiger partial charge in [-0.2, -0.15) is 0 Å². The Kier molecular flexibility index (Phi) is 2.77. The Hall–Kier alpha value is 0.140. The number of aliphatic hydroxyl groups excluding tert-OH is 1. The lowest BCUT2D eigenvalue weighted by atomic mass is 9.81. The Morgan fingerprint density at radius 3 is 2.69 bits per heavy atom. The van der Waals surface area contributed by atoms with Crippen LogP contribution in [0.3, 0.4) is 0 Å². The van der Waals surface area contributed by atoms with Crippen LogP contribution in [0.5, 0.6) is 0 Å². The van der Waals surface area contributed by atoms with Crippen LogP contribution in [0.1, 0.15) is 35.1 Å². The van der Waals surface area contributed by atoms with Gasteiger partial charge >= 0.3 is 0 Å². The molecule has 0 bridgehead atoms. The molecule has 1 aliphatic rings. The lowest BCUT2D eigenvalue weighted by molar-refractivity contribution is 0.0649.